The highest BCUT2D eigenvalue weighted by Gasteiger charge is 2.36. The Kier molecular flexibility index (Phi) is 3.32. The molecule has 1 aliphatic heterocycles. The van der Waals surface area contributed by atoms with E-state index in [1.54, 1.807) is 4.90 Å². The smallest absolute Gasteiger partial charge is 0.253 e. The highest BCUT2D eigenvalue weighted by molar-refractivity contribution is 5.94. The first-order chi connectivity index (χ1) is 9.54. The number of halogens is 2. The maximum atomic E-state index is 13.2. The van der Waals surface area contributed by atoms with Crippen LogP contribution in [0.4, 0.5) is 8.78 Å². The molecule has 1 amide bonds. The number of amides is 1. The monoisotopic (exact) mass is 277 g/mol. The van der Waals surface area contributed by atoms with E-state index in [-0.39, 0.29) is 11.5 Å². The summed E-state index contributed by atoms with van der Waals surface area (Å²) in [6.07, 6.45) is 4.29. The van der Waals surface area contributed by atoms with Crippen molar-refractivity contribution in [2.45, 2.75) is 19.8 Å². The predicted molar refractivity (Wildman–Crippen MR) is 72.2 cm³/mol. The van der Waals surface area contributed by atoms with Crippen LogP contribution in [-0.2, 0) is 0 Å². The molecule has 20 heavy (non-hydrogen) atoms. The van der Waals surface area contributed by atoms with Crippen molar-refractivity contribution in [3.05, 3.63) is 47.0 Å². The van der Waals surface area contributed by atoms with E-state index in [2.05, 4.69) is 13.0 Å². The molecule has 0 radical (unpaired) electrons. The fourth-order valence-corrected chi connectivity index (χ4v) is 3.26. The van der Waals surface area contributed by atoms with Gasteiger partial charge in [0.05, 0.1) is 0 Å². The molecular formula is C16H17F2NO. The van der Waals surface area contributed by atoms with Crippen LogP contribution in [0.25, 0.3) is 0 Å². The largest absolute Gasteiger partial charge is 0.338 e. The van der Waals surface area contributed by atoms with Crippen LogP contribution >= 0.6 is 0 Å². The predicted octanol–water partition coefficient (Wildman–Crippen LogP) is 3.39. The summed E-state index contributed by atoms with van der Waals surface area (Å²) in [5.41, 5.74) is 1.61. The van der Waals surface area contributed by atoms with Crippen molar-refractivity contribution in [2.75, 3.05) is 13.1 Å². The van der Waals surface area contributed by atoms with Crippen LogP contribution in [0.5, 0.6) is 0 Å². The highest BCUT2D eigenvalue weighted by atomic mass is 19.2. The van der Waals surface area contributed by atoms with Gasteiger partial charge in [-0.1, -0.05) is 11.6 Å². The van der Waals surface area contributed by atoms with Crippen LogP contribution in [0.3, 0.4) is 0 Å². The summed E-state index contributed by atoms with van der Waals surface area (Å²) >= 11 is 0. The summed E-state index contributed by atoms with van der Waals surface area (Å²) in [6, 6.07) is 3.35. The molecule has 2 nitrogen and oxygen atoms in total. The zero-order chi connectivity index (χ0) is 14.3. The Morgan fingerprint density at radius 1 is 1.20 bits per heavy atom. The maximum absolute atomic E-state index is 13.2. The van der Waals surface area contributed by atoms with Crippen molar-refractivity contribution < 1.29 is 13.6 Å². The maximum Gasteiger partial charge on any atom is 0.253 e. The Bertz CT molecular complexity index is 582. The van der Waals surface area contributed by atoms with Crippen LogP contribution in [0.1, 0.15) is 30.1 Å². The van der Waals surface area contributed by atoms with Gasteiger partial charge in [0.25, 0.3) is 5.91 Å². The SMILES string of the molecule is CC1=CC[C@H]2CN(C(=O)c3ccc(F)c(F)c3)C[C@H]2C1. The molecule has 1 aromatic carbocycles. The minimum Gasteiger partial charge on any atom is -0.338 e. The number of carbonyl (C=O) groups excluding carboxylic acids is 1. The summed E-state index contributed by atoms with van der Waals surface area (Å²) in [6.45, 7) is 3.55. The van der Waals surface area contributed by atoms with Crippen LogP contribution in [-0.4, -0.2) is 23.9 Å². The van der Waals surface area contributed by atoms with Crippen molar-refractivity contribution in [3.8, 4) is 0 Å². The third-order valence-electron chi connectivity index (χ3n) is 4.38. The number of carbonyl (C=O) groups is 1. The number of hydrogen-bond acceptors (Lipinski definition) is 1. The van der Waals surface area contributed by atoms with Gasteiger partial charge in [-0.3, -0.25) is 4.79 Å². The molecule has 1 aromatic rings. The minimum absolute atomic E-state index is 0.198. The zero-order valence-electron chi connectivity index (χ0n) is 11.4. The molecule has 0 bridgehead atoms. The quantitative estimate of drug-likeness (QED) is 0.720. The number of likely N-dealkylation sites (tertiary alicyclic amines) is 1. The van der Waals surface area contributed by atoms with Gasteiger partial charge in [-0.25, -0.2) is 8.78 Å². The Morgan fingerprint density at radius 2 is 1.95 bits per heavy atom. The molecule has 4 heteroatoms. The first kappa shape index (κ1) is 13.3. The Hall–Kier alpha value is -1.71. The molecule has 106 valence electrons. The van der Waals surface area contributed by atoms with Gasteiger partial charge in [-0.05, 0) is 49.8 Å². The molecule has 2 atom stereocenters. The van der Waals surface area contributed by atoms with Crippen molar-refractivity contribution in [2.24, 2.45) is 11.8 Å². The lowest BCUT2D eigenvalue weighted by atomic mass is 9.83. The van der Waals surface area contributed by atoms with Crippen molar-refractivity contribution in [1.29, 1.82) is 0 Å². The van der Waals surface area contributed by atoms with Crippen molar-refractivity contribution in [3.63, 3.8) is 0 Å². The second-order valence-electron chi connectivity index (χ2n) is 5.85. The van der Waals surface area contributed by atoms with Crippen LogP contribution in [0.15, 0.2) is 29.8 Å². The average molecular weight is 277 g/mol. The summed E-state index contributed by atoms with van der Waals surface area (Å²) in [5, 5.41) is 0. The van der Waals surface area contributed by atoms with E-state index in [0.29, 0.717) is 24.9 Å². The molecule has 1 fully saturated rings. The molecule has 0 aromatic heterocycles. The van der Waals surface area contributed by atoms with E-state index in [1.807, 2.05) is 0 Å². The van der Waals surface area contributed by atoms with Crippen LogP contribution < -0.4 is 0 Å². The molecule has 0 spiro atoms. The number of allylic oxidation sites excluding steroid dienone is 2. The molecule has 1 saturated heterocycles. The fourth-order valence-electron chi connectivity index (χ4n) is 3.26. The number of hydrogen-bond donors (Lipinski definition) is 0. The van der Waals surface area contributed by atoms with E-state index in [0.717, 1.165) is 25.0 Å². The molecular weight excluding hydrogens is 260 g/mol. The minimum atomic E-state index is -0.968. The molecule has 2 aliphatic rings. The molecule has 0 N–H and O–H groups in total. The number of rotatable bonds is 1. The summed E-state index contributed by atoms with van der Waals surface area (Å²) in [7, 11) is 0. The Morgan fingerprint density at radius 3 is 2.70 bits per heavy atom. The number of nitrogens with zero attached hydrogens (tertiary/aromatic N) is 1. The summed E-state index contributed by atoms with van der Waals surface area (Å²) in [4.78, 5) is 14.1. The van der Waals surface area contributed by atoms with Gasteiger partial charge in [-0.15, -0.1) is 0 Å². The van der Waals surface area contributed by atoms with E-state index in [4.69, 9.17) is 0 Å². The second-order valence-corrected chi connectivity index (χ2v) is 5.85. The van der Waals surface area contributed by atoms with Gasteiger partial charge in [0.2, 0.25) is 0 Å². The van der Waals surface area contributed by atoms with E-state index >= 15 is 0 Å². The van der Waals surface area contributed by atoms with Crippen LogP contribution in [0, 0.1) is 23.5 Å². The summed E-state index contributed by atoms with van der Waals surface area (Å²) < 4.78 is 26.1. The van der Waals surface area contributed by atoms with Crippen molar-refractivity contribution in [1.82, 2.24) is 4.90 Å². The lowest BCUT2D eigenvalue weighted by molar-refractivity contribution is 0.0783. The van der Waals surface area contributed by atoms with Crippen molar-refractivity contribution >= 4 is 5.91 Å². The molecule has 0 saturated carbocycles. The molecule has 0 unspecified atom stereocenters. The second kappa shape index (κ2) is 5.00. The molecule has 3 rings (SSSR count). The number of fused-ring (bicyclic) bond motifs is 1. The summed E-state index contributed by atoms with van der Waals surface area (Å²) in [5.74, 6) is -1.07. The third-order valence-corrected chi connectivity index (χ3v) is 4.38. The van der Waals surface area contributed by atoms with Gasteiger partial charge in [0.15, 0.2) is 11.6 Å². The van der Waals surface area contributed by atoms with Gasteiger partial charge < -0.3 is 4.90 Å². The Labute approximate surface area is 117 Å². The topological polar surface area (TPSA) is 20.3 Å². The van der Waals surface area contributed by atoms with E-state index in [1.165, 1.54) is 11.6 Å². The first-order valence-corrected chi connectivity index (χ1v) is 6.94. The normalized spacial score (nSPS) is 25.4. The van der Waals surface area contributed by atoms with Gasteiger partial charge in [0.1, 0.15) is 0 Å². The lowest BCUT2D eigenvalue weighted by Crippen LogP contribution is -2.29. The third kappa shape index (κ3) is 2.35. The Balaban J connectivity index is 1.75. The molecule has 1 heterocycles. The highest BCUT2D eigenvalue weighted by Crippen LogP contribution is 2.36. The zero-order valence-corrected chi connectivity index (χ0v) is 11.4. The van der Waals surface area contributed by atoms with Crippen LogP contribution in [0.2, 0.25) is 0 Å². The first-order valence-electron chi connectivity index (χ1n) is 6.94. The number of benzene rings is 1. The van der Waals surface area contributed by atoms with E-state index < -0.39 is 11.6 Å². The lowest BCUT2D eigenvalue weighted by Gasteiger charge is -2.21. The van der Waals surface area contributed by atoms with Gasteiger partial charge in [0, 0.05) is 18.7 Å². The standard InChI is InChI=1S/C16H17F2NO/c1-10-2-3-12-8-19(9-13(12)6-10)16(20)11-4-5-14(17)15(18)7-11/h2,4-5,7,12-13H,3,6,8-9H2,1H3/t12-,13+/m0/s1. The average Bonchev–Trinajstić information content (AvgIpc) is 2.84. The van der Waals surface area contributed by atoms with Gasteiger partial charge >= 0.3 is 0 Å². The molecule has 1 aliphatic carbocycles. The van der Waals surface area contributed by atoms with E-state index in [9.17, 15) is 13.6 Å². The fraction of sp³-hybridized carbons (Fsp3) is 0.438. The van der Waals surface area contributed by atoms with Gasteiger partial charge in [-0.2, -0.15) is 0 Å².